The van der Waals surface area contributed by atoms with E-state index in [1.807, 2.05) is 0 Å². The molecule has 222 valence electrons. The van der Waals surface area contributed by atoms with E-state index in [4.69, 9.17) is 9.47 Å². The molecule has 0 spiro atoms. The van der Waals surface area contributed by atoms with Crippen LogP contribution in [0.1, 0.15) is 50.7 Å². The molecule has 6 rings (SSSR count). The number of benzene rings is 4. The van der Waals surface area contributed by atoms with Crippen molar-refractivity contribution in [2.24, 2.45) is 0 Å². The topological polar surface area (TPSA) is 238 Å². The van der Waals surface area contributed by atoms with Gasteiger partial charge < -0.3 is 60.5 Å². The van der Waals surface area contributed by atoms with Crippen LogP contribution in [0.15, 0.2) is 54.6 Å². The highest BCUT2D eigenvalue weighted by Crippen LogP contribution is 2.52. The lowest BCUT2D eigenvalue weighted by Gasteiger charge is -2.38. The van der Waals surface area contributed by atoms with Crippen LogP contribution in [0.3, 0.4) is 0 Å². The van der Waals surface area contributed by atoms with Crippen molar-refractivity contribution in [2.45, 2.75) is 30.3 Å². The van der Waals surface area contributed by atoms with Gasteiger partial charge in [-0.15, -0.1) is 0 Å². The summed E-state index contributed by atoms with van der Waals surface area (Å²) < 4.78 is 11.7. The Labute approximate surface area is 241 Å². The summed E-state index contributed by atoms with van der Waals surface area (Å²) in [5, 5.41) is 103. The van der Waals surface area contributed by atoms with Gasteiger partial charge in [0, 0.05) is 40.3 Å². The average molecular weight is 593 g/mol. The molecule has 10 N–H and O–H groups in total. The fourth-order valence-corrected chi connectivity index (χ4v) is 5.52. The normalized spacial score (nSPS) is 22.7. The number of phenolic OH excluding ortho intramolecular Hbond substituents is 8. The highest BCUT2D eigenvalue weighted by Gasteiger charge is 2.43. The maximum atomic E-state index is 13.4. The molecule has 0 fully saturated rings. The first-order valence-electron chi connectivity index (χ1n) is 12.8. The van der Waals surface area contributed by atoms with Gasteiger partial charge in [0.2, 0.25) is 0 Å². The Bertz CT molecular complexity index is 1750. The van der Waals surface area contributed by atoms with Gasteiger partial charge in [0.25, 0.3) is 0 Å². The Balaban J connectivity index is 1.45. The number of aliphatic hydroxyl groups is 2. The summed E-state index contributed by atoms with van der Waals surface area (Å²) in [5.41, 5.74) is 0.122. The molecule has 0 radical (unpaired) electrons. The molecule has 5 atom stereocenters. The summed E-state index contributed by atoms with van der Waals surface area (Å²) in [6.07, 6.45) is -6.12. The zero-order chi connectivity index (χ0) is 30.9. The zero-order valence-electron chi connectivity index (χ0n) is 21.8. The molecular weight excluding hydrogens is 568 g/mol. The van der Waals surface area contributed by atoms with Crippen molar-refractivity contribution >= 4 is 5.78 Å². The van der Waals surface area contributed by atoms with E-state index in [1.165, 1.54) is 24.3 Å². The minimum Gasteiger partial charge on any atom is -0.508 e. The molecule has 0 saturated carbocycles. The number of fused-ring (bicyclic) bond motifs is 2. The van der Waals surface area contributed by atoms with Crippen molar-refractivity contribution in [1.82, 2.24) is 0 Å². The summed E-state index contributed by atoms with van der Waals surface area (Å²) in [6.45, 7) is 0. The number of hydrogen-bond acceptors (Lipinski definition) is 13. The highest BCUT2D eigenvalue weighted by molar-refractivity contribution is 6.03. The summed E-state index contributed by atoms with van der Waals surface area (Å²) in [4.78, 5) is 13.4. The van der Waals surface area contributed by atoms with Gasteiger partial charge in [-0.25, -0.2) is 0 Å². The molecule has 43 heavy (non-hydrogen) atoms. The van der Waals surface area contributed by atoms with Crippen LogP contribution in [0, 0.1) is 0 Å². The van der Waals surface area contributed by atoms with Crippen LogP contribution in [0.25, 0.3) is 0 Å². The monoisotopic (exact) mass is 592 g/mol. The molecule has 0 aromatic heterocycles. The van der Waals surface area contributed by atoms with Crippen LogP contribution in [-0.2, 0) is 0 Å². The van der Waals surface area contributed by atoms with E-state index in [-0.39, 0.29) is 39.5 Å². The first-order valence-corrected chi connectivity index (χ1v) is 12.8. The first kappa shape index (κ1) is 27.6. The van der Waals surface area contributed by atoms with Crippen molar-refractivity contribution in [3.05, 3.63) is 82.4 Å². The summed E-state index contributed by atoms with van der Waals surface area (Å²) in [7, 11) is 0. The van der Waals surface area contributed by atoms with Gasteiger partial charge in [0.15, 0.2) is 58.6 Å². The standard InChI is InChI=1S/C30H24O13/c31-12-1-2-13-21(7-12)42-29(10-3-17(33)25(38)18(34)4-10)27(40)23(13)14-8-15-22(9-16(14)32)43-30(28(41)24(15)37)11-5-19(35)26(39)20(36)6-11/h1-9,23,27-36,38-41H/t23-,27+,28+,29-,30-/m1/s1. The fraction of sp³-hybridized carbons (Fsp3) is 0.167. The minimum absolute atomic E-state index is 0.00114. The number of ketones is 1. The van der Waals surface area contributed by atoms with Crippen molar-refractivity contribution in [3.8, 4) is 57.5 Å². The summed E-state index contributed by atoms with van der Waals surface area (Å²) in [5.74, 6) is -7.12. The zero-order valence-corrected chi connectivity index (χ0v) is 21.8. The van der Waals surface area contributed by atoms with E-state index in [0.717, 1.165) is 30.3 Å². The van der Waals surface area contributed by atoms with Gasteiger partial charge in [-0.05, 0) is 36.4 Å². The molecule has 0 aliphatic carbocycles. The number of aliphatic hydroxyl groups excluding tert-OH is 2. The Morgan fingerprint density at radius 2 is 1.09 bits per heavy atom. The predicted octanol–water partition coefficient (Wildman–Crippen LogP) is 2.64. The second-order valence-electron chi connectivity index (χ2n) is 10.3. The summed E-state index contributed by atoms with van der Waals surface area (Å²) >= 11 is 0. The van der Waals surface area contributed by atoms with Crippen molar-refractivity contribution in [2.75, 3.05) is 0 Å². The molecule has 2 heterocycles. The van der Waals surface area contributed by atoms with E-state index in [1.54, 1.807) is 0 Å². The molecule has 13 nitrogen and oxygen atoms in total. The lowest BCUT2D eigenvalue weighted by molar-refractivity contribution is 0.00738. The average Bonchev–Trinajstić information content (AvgIpc) is 2.96. The Morgan fingerprint density at radius 1 is 0.558 bits per heavy atom. The number of hydrogen-bond donors (Lipinski definition) is 10. The second-order valence-corrected chi connectivity index (χ2v) is 10.3. The van der Waals surface area contributed by atoms with Gasteiger partial charge in [0.05, 0.1) is 5.56 Å². The molecule has 13 heteroatoms. The molecule has 0 saturated heterocycles. The molecule has 2 aliphatic rings. The Kier molecular flexibility index (Phi) is 6.29. The lowest BCUT2D eigenvalue weighted by Crippen LogP contribution is -2.37. The van der Waals surface area contributed by atoms with Crippen LogP contribution in [-0.4, -0.2) is 69.1 Å². The lowest BCUT2D eigenvalue weighted by atomic mass is 9.78. The van der Waals surface area contributed by atoms with Gasteiger partial charge in [-0.2, -0.15) is 0 Å². The van der Waals surface area contributed by atoms with E-state index in [0.29, 0.717) is 5.56 Å². The molecule has 4 aromatic rings. The van der Waals surface area contributed by atoms with Crippen molar-refractivity contribution in [1.29, 1.82) is 0 Å². The SMILES string of the molecule is O=C1c2cc([C@H]3c4ccc(O)cc4O[C@H](c4cc(O)c(O)c(O)c4)[C@H]3O)c(O)cc2O[C@H](c2cc(O)c(O)c(O)c2)[C@H]1O. The smallest absolute Gasteiger partial charge is 0.200 e. The second kappa shape index (κ2) is 9.79. The Morgan fingerprint density at radius 3 is 1.67 bits per heavy atom. The van der Waals surface area contributed by atoms with Gasteiger partial charge in [-0.1, -0.05) is 6.07 Å². The van der Waals surface area contributed by atoms with Gasteiger partial charge in [-0.3, -0.25) is 4.79 Å². The molecular formula is C30H24O13. The first-order chi connectivity index (χ1) is 20.3. The molecule has 0 bridgehead atoms. The van der Waals surface area contributed by atoms with Gasteiger partial charge in [0.1, 0.15) is 29.1 Å². The van der Waals surface area contributed by atoms with Crippen LogP contribution in [0.2, 0.25) is 0 Å². The third kappa shape index (κ3) is 4.38. The van der Waals surface area contributed by atoms with Crippen molar-refractivity contribution < 1.29 is 65.3 Å². The quantitative estimate of drug-likeness (QED) is 0.154. The van der Waals surface area contributed by atoms with Crippen molar-refractivity contribution in [3.63, 3.8) is 0 Å². The molecule has 2 aliphatic heterocycles. The van der Waals surface area contributed by atoms with E-state index < -0.39 is 76.4 Å². The number of carbonyl (C=O) groups excluding carboxylic acids is 1. The summed E-state index contributed by atoms with van der Waals surface area (Å²) in [6, 6.07) is 10.4. The van der Waals surface area contributed by atoms with E-state index in [9.17, 15) is 55.9 Å². The number of rotatable bonds is 3. The molecule has 0 unspecified atom stereocenters. The van der Waals surface area contributed by atoms with Gasteiger partial charge >= 0.3 is 0 Å². The van der Waals surface area contributed by atoms with Crippen LogP contribution in [0.4, 0.5) is 0 Å². The maximum Gasteiger partial charge on any atom is 0.200 e. The maximum absolute atomic E-state index is 13.4. The minimum atomic E-state index is -1.84. The fourth-order valence-electron chi connectivity index (χ4n) is 5.52. The van der Waals surface area contributed by atoms with Crippen LogP contribution < -0.4 is 9.47 Å². The third-order valence-corrected chi connectivity index (χ3v) is 7.62. The number of phenols is 8. The largest absolute Gasteiger partial charge is 0.508 e. The van der Waals surface area contributed by atoms with E-state index in [2.05, 4.69) is 0 Å². The van der Waals surface area contributed by atoms with Crippen LogP contribution >= 0.6 is 0 Å². The molecule has 0 amide bonds. The molecule has 4 aromatic carbocycles. The number of carbonyl (C=O) groups is 1. The van der Waals surface area contributed by atoms with E-state index >= 15 is 0 Å². The Hall–Kier alpha value is -5.53. The number of Topliss-reactive ketones (excluding diaryl/α,β-unsaturated/α-hetero) is 1. The van der Waals surface area contributed by atoms with Crippen LogP contribution in [0.5, 0.6) is 57.5 Å². The number of aromatic hydroxyl groups is 8. The third-order valence-electron chi connectivity index (χ3n) is 7.62. The predicted molar refractivity (Wildman–Crippen MR) is 144 cm³/mol. The highest BCUT2D eigenvalue weighted by atomic mass is 16.5. The number of ether oxygens (including phenoxy) is 2.